The van der Waals surface area contributed by atoms with E-state index >= 15 is 0 Å². The lowest BCUT2D eigenvalue weighted by Crippen LogP contribution is -2.38. The smallest absolute Gasteiger partial charge is 0.329 e. The molecule has 1 aliphatic heterocycles. The van der Waals surface area contributed by atoms with E-state index in [2.05, 4.69) is 10.6 Å². The van der Waals surface area contributed by atoms with Crippen molar-refractivity contribution in [1.29, 1.82) is 0 Å². The number of benzene rings is 2. The molecule has 7 nitrogen and oxygen atoms in total. The van der Waals surface area contributed by atoms with E-state index in [9.17, 15) is 18.8 Å². The van der Waals surface area contributed by atoms with Gasteiger partial charge in [0, 0.05) is 11.6 Å². The highest BCUT2D eigenvalue weighted by molar-refractivity contribution is 6.15. The van der Waals surface area contributed by atoms with Crippen molar-refractivity contribution in [3.05, 3.63) is 84.0 Å². The van der Waals surface area contributed by atoms with Crippen LogP contribution < -0.4 is 10.6 Å². The van der Waals surface area contributed by atoms with Crippen LogP contribution >= 0.6 is 0 Å². The van der Waals surface area contributed by atoms with Crippen LogP contribution in [0, 0.1) is 5.82 Å². The number of para-hydroxylation sites is 1. The fourth-order valence-corrected chi connectivity index (χ4v) is 2.94. The summed E-state index contributed by atoms with van der Waals surface area (Å²) >= 11 is 0. The van der Waals surface area contributed by atoms with Gasteiger partial charge in [0.1, 0.15) is 29.6 Å². The summed E-state index contributed by atoms with van der Waals surface area (Å²) < 4.78 is 19.4. The highest BCUT2D eigenvalue weighted by atomic mass is 19.1. The summed E-state index contributed by atoms with van der Waals surface area (Å²) in [6, 6.07) is 17.7. The standard InChI is InChI=1S/C22H16FN3O4/c23-16-8-4-5-9-17(16)24-20(27)13-26-21(28)18(25-22(26)29)12-15-10-11-19(30-15)14-6-2-1-3-7-14/h1-12H,13H2,(H,24,27)(H,25,29)/b18-12+. The van der Waals surface area contributed by atoms with Gasteiger partial charge in [0.15, 0.2) is 0 Å². The number of imide groups is 1. The van der Waals surface area contributed by atoms with E-state index in [1.807, 2.05) is 30.3 Å². The lowest BCUT2D eigenvalue weighted by molar-refractivity contribution is -0.127. The minimum atomic E-state index is -0.746. The molecule has 2 heterocycles. The fraction of sp³-hybridized carbons (Fsp3) is 0.0455. The predicted molar refractivity (Wildman–Crippen MR) is 107 cm³/mol. The number of hydrogen-bond acceptors (Lipinski definition) is 4. The molecule has 0 saturated carbocycles. The molecule has 1 aromatic heterocycles. The van der Waals surface area contributed by atoms with Gasteiger partial charge in [-0.3, -0.25) is 9.59 Å². The van der Waals surface area contributed by atoms with Crippen LogP contribution in [-0.2, 0) is 9.59 Å². The van der Waals surface area contributed by atoms with Gasteiger partial charge in [-0.1, -0.05) is 42.5 Å². The number of furan rings is 1. The van der Waals surface area contributed by atoms with Crippen molar-refractivity contribution in [2.45, 2.75) is 0 Å². The van der Waals surface area contributed by atoms with Gasteiger partial charge < -0.3 is 15.1 Å². The monoisotopic (exact) mass is 405 g/mol. The molecule has 1 saturated heterocycles. The fourth-order valence-electron chi connectivity index (χ4n) is 2.94. The number of urea groups is 1. The van der Waals surface area contributed by atoms with Crippen LogP contribution in [0.1, 0.15) is 5.76 Å². The van der Waals surface area contributed by atoms with Crippen LogP contribution in [0.4, 0.5) is 14.9 Å². The second-order valence-electron chi connectivity index (χ2n) is 6.48. The maximum Gasteiger partial charge on any atom is 0.329 e. The normalized spacial score (nSPS) is 14.8. The maximum atomic E-state index is 13.7. The van der Waals surface area contributed by atoms with E-state index < -0.39 is 30.2 Å². The van der Waals surface area contributed by atoms with E-state index in [-0.39, 0.29) is 11.4 Å². The summed E-state index contributed by atoms with van der Waals surface area (Å²) in [7, 11) is 0. The SMILES string of the molecule is O=C(CN1C(=O)N/C(=C/c2ccc(-c3ccccc3)o2)C1=O)Nc1ccccc1F. The summed E-state index contributed by atoms with van der Waals surface area (Å²) in [5, 5.41) is 4.75. The first kappa shape index (κ1) is 19.1. The van der Waals surface area contributed by atoms with Gasteiger partial charge >= 0.3 is 6.03 Å². The van der Waals surface area contributed by atoms with Crippen molar-refractivity contribution in [2.75, 3.05) is 11.9 Å². The number of rotatable bonds is 5. The second kappa shape index (κ2) is 8.04. The van der Waals surface area contributed by atoms with Crippen LogP contribution in [0.15, 0.2) is 76.8 Å². The summed E-state index contributed by atoms with van der Waals surface area (Å²) in [5.74, 6) is -1.01. The molecule has 0 bridgehead atoms. The zero-order valence-electron chi connectivity index (χ0n) is 15.6. The minimum Gasteiger partial charge on any atom is -0.457 e. The summed E-state index contributed by atoms with van der Waals surface area (Å²) in [6.45, 7) is -0.552. The van der Waals surface area contributed by atoms with Gasteiger partial charge in [0.2, 0.25) is 5.91 Å². The third-order valence-electron chi connectivity index (χ3n) is 4.38. The van der Waals surface area contributed by atoms with Gasteiger partial charge in [-0.15, -0.1) is 0 Å². The Morgan fingerprint density at radius 2 is 1.77 bits per heavy atom. The Kier molecular flexibility index (Phi) is 5.13. The first-order valence-electron chi connectivity index (χ1n) is 9.05. The molecule has 0 aliphatic carbocycles. The van der Waals surface area contributed by atoms with Gasteiger partial charge in [-0.05, 0) is 24.3 Å². The molecular weight excluding hydrogens is 389 g/mol. The number of carbonyl (C=O) groups excluding carboxylic acids is 3. The quantitative estimate of drug-likeness (QED) is 0.501. The summed E-state index contributed by atoms with van der Waals surface area (Å²) in [4.78, 5) is 37.6. The average Bonchev–Trinajstić information content (AvgIpc) is 3.31. The number of nitrogens with one attached hydrogen (secondary N) is 2. The Bertz CT molecular complexity index is 1150. The molecule has 3 aromatic rings. The van der Waals surface area contributed by atoms with Crippen molar-refractivity contribution in [2.24, 2.45) is 0 Å². The number of carbonyl (C=O) groups is 3. The highest BCUT2D eigenvalue weighted by Gasteiger charge is 2.35. The van der Waals surface area contributed by atoms with Crippen molar-refractivity contribution in [1.82, 2.24) is 10.2 Å². The Labute approximate surface area is 170 Å². The number of anilines is 1. The Morgan fingerprint density at radius 1 is 1.03 bits per heavy atom. The average molecular weight is 405 g/mol. The van der Waals surface area contributed by atoms with Gasteiger partial charge in [0.25, 0.3) is 5.91 Å². The molecule has 0 atom stereocenters. The first-order chi connectivity index (χ1) is 14.5. The number of nitrogens with zero attached hydrogens (tertiary/aromatic N) is 1. The third-order valence-corrected chi connectivity index (χ3v) is 4.38. The summed E-state index contributed by atoms with van der Waals surface area (Å²) in [5.41, 5.74) is 0.817. The number of amides is 4. The molecule has 2 N–H and O–H groups in total. The molecule has 8 heteroatoms. The van der Waals surface area contributed by atoms with Gasteiger partial charge in [-0.25, -0.2) is 14.1 Å². The third kappa shape index (κ3) is 3.97. The van der Waals surface area contributed by atoms with Crippen LogP contribution in [0.5, 0.6) is 0 Å². The van der Waals surface area contributed by atoms with Crippen LogP contribution in [-0.4, -0.2) is 29.3 Å². The molecule has 1 fully saturated rings. The zero-order valence-corrected chi connectivity index (χ0v) is 15.6. The molecule has 0 radical (unpaired) electrons. The van der Waals surface area contributed by atoms with Gasteiger partial charge in [-0.2, -0.15) is 0 Å². The Morgan fingerprint density at radius 3 is 2.53 bits per heavy atom. The molecule has 0 unspecified atom stereocenters. The summed E-state index contributed by atoms with van der Waals surface area (Å²) in [6.07, 6.45) is 1.39. The largest absolute Gasteiger partial charge is 0.457 e. The minimum absolute atomic E-state index is 0.0207. The van der Waals surface area contributed by atoms with Crippen molar-refractivity contribution < 1.29 is 23.2 Å². The Hall–Kier alpha value is -4.20. The van der Waals surface area contributed by atoms with Crippen molar-refractivity contribution in [3.8, 4) is 11.3 Å². The number of hydrogen-bond donors (Lipinski definition) is 2. The van der Waals surface area contributed by atoms with Crippen LogP contribution in [0.3, 0.4) is 0 Å². The lowest BCUT2D eigenvalue weighted by Gasteiger charge is -2.12. The highest BCUT2D eigenvalue weighted by Crippen LogP contribution is 2.24. The van der Waals surface area contributed by atoms with Crippen molar-refractivity contribution >= 4 is 29.6 Å². The maximum absolute atomic E-state index is 13.7. The van der Waals surface area contributed by atoms with E-state index in [1.165, 1.54) is 24.3 Å². The molecular formula is C22H16FN3O4. The molecule has 1 aliphatic rings. The molecule has 2 aromatic carbocycles. The van der Waals surface area contributed by atoms with Crippen LogP contribution in [0.25, 0.3) is 17.4 Å². The van der Waals surface area contributed by atoms with E-state index in [1.54, 1.807) is 18.2 Å². The van der Waals surface area contributed by atoms with Crippen LogP contribution in [0.2, 0.25) is 0 Å². The Balaban J connectivity index is 1.45. The van der Waals surface area contributed by atoms with Crippen molar-refractivity contribution in [3.63, 3.8) is 0 Å². The molecule has 4 amide bonds. The van der Waals surface area contributed by atoms with Gasteiger partial charge in [0.05, 0.1) is 5.69 Å². The molecule has 150 valence electrons. The second-order valence-corrected chi connectivity index (χ2v) is 6.48. The van der Waals surface area contributed by atoms with E-state index in [0.717, 1.165) is 10.5 Å². The predicted octanol–water partition coefficient (Wildman–Crippen LogP) is 3.62. The molecule has 30 heavy (non-hydrogen) atoms. The first-order valence-corrected chi connectivity index (χ1v) is 9.05. The molecule has 0 spiro atoms. The molecule has 4 rings (SSSR count). The lowest BCUT2D eigenvalue weighted by atomic mass is 10.2. The number of halogens is 1. The zero-order chi connectivity index (χ0) is 21.1. The topological polar surface area (TPSA) is 91.7 Å². The van der Waals surface area contributed by atoms with E-state index in [4.69, 9.17) is 4.42 Å². The van der Waals surface area contributed by atoms with E-state index in [0.29, 0.717) is 11.5 Å².